The Bertz CT molecular complexity index is 490. The third kappa shape index (κ3) is 1.87. The molecule has 15 heavy (non-hydrogen) atoms. The van der Waals surface area contributed by atoms with E-state index in [9.17, 15) is 4.79 Å². The zero-order chi connectivity index (χ0) is 10.8. The van der Waals surface area contributed by atoms with E-state index in [-0.39, 0.29) is 0 Å². The Morgan fingerprint density at radius 1 is 1.33 bits per heavy atom. The van der Waals surface area contributed by atoms with Gasteiger partial charge in [0.05, 0.1) is 0 Å². The molecular formula is C10H9N3OS. The molecule has 0 fully saturated rings. The fourth-order valence-corrected chi connectivity index (χ4v) is 1.79. The van der Waals surface area contributed by atoms with E-state index in [0.717, 1.165) is 22.7 Å². The van der Waals surface area contributed by atoms with Crippen LogP contribution >= 0.6 is 11.5 Å². The Labute approximate surface area is 90.9 Å². The van der Waals surface area contributed by atoms with Crippen molar-refractivity contribution in [3.8, 4) is 11.3 Å². The molecule has 0 saturated heterocycles. The number of nitrogens with zero attached hydrogens (tertiary/aromatic N) is 2. The van der Waals surface area contributed by atoms with Gasteiger partial charge < -0.3 is 5.73 Å². The predicted molar refractivity (Wildman–Crippen MR) is 58.6 cm³/mol. The Hall–Kier alpha value is -1.75. The lowest BCUT2D eigenvalue weighted by molar-refractivity contribution is 0.100. The van der Waals surface area contributed by atoms with Crippen LogP contribution in [0.4, 0.5) is 0 Å². The van der Waals surface area contributed by atoms with Gasteiger partial charge in [0.2, 0.25) is 0 Å². The summed E-state index contributed by atoms with van der Waals surface area (Å²) in [4.78, 5) is 11.5. The van der Waals surface area contributed by atoms with Gasteiger partial charge in [0.15, 0.2) is 0 Å². The van der Waals surface area contributed by atoms with Crippen molar-refractivity contribution in [1.29, 1.82) is 0 Å². The first-order valence-corrected chi connectivity index (χ1v) is 5.15. The molecule has 1 aromatic carbocycles. The summed E-state index contributed by atoms with van der Waals surface area (Å²) in [6.45, 7) is 2.00. The van der Waals surface area contributed by atoms with Crippen molar-refractivity contribution in [1.82, 2.24) is 9.59 Å². The summed E-state index contributed by atoms with van der Waals surface area (Å²) in [6, 6.07) is 7.72. The third-order valence-corrected chi connectivity index (χ3v) is 2.78. The minimum absolute atomic E-state index is 0.402. The van der Waals surface area contributed by atoms with E-state index >= 15 is 0 Å². The summed E-state index contributed by atoms with van der Waals surface area (Å²) in [5.74, 6) is -0.486. The summed E-state index contributed by atoms with van der Waals surface area (Å²) < 4.78 is 3.73. The summed E-state index contributed by atoms with van der Waals surface area (Å²) in [7, 11) is 0. The van der Waals surface area contributed by atoms with Gasteiger partial charge in [-0.2, -0.15) is 0 Å². The van der Waals surface area contributed by atoms with Crippen LogP contribution in [0, 0.1) is 6.92 Å². The lowest BCUT2D eigenvalue weighted by Crippen LogP contribution is -2.10. The van der Waals surface area contributed by atoms with Crippen LogP contribution in [0.2, 0.25) is 0 Å². The number of nitrogens with two attached hydrogens (primary N) is 1. The van der Waals surface area contributed by atoms with Crippen molar-refractivity contribution < 1.29 is 4.79 Å². The van der Waals surface area contributed by atoms with Gasteiger partial charge in [0.25, 0.3) is 5.91 Å². The first kappa shape index (κ1) is 9.79. The van der Waals surface area contributed by atoms with Gasteiger partial charge in [0.1, 0.15) is 10.6 Å². The molecule has 1 amide bonds. The fourth-order valence-electron chi connectivity index (χ4n) is 1.25. The standard InChI is InChI=1S/C10H9N3OS/c1-6-2-4-7(5-3-6)8-9(10(11)14)15-13-12-8/h2-5H,1H3,(H2,11,14). The van der Waals surface area contributed by atoms with Crippen LogP contribution in [0.25, 0.3) is 11.3 Å². The topological polar surface area (TPSA) is 68.9 Å². The first-order valence-electron chi connectivity index (χ1n) is 4.37. The predicted octanol–water partition coefficient (Wildman–Crippen LogP) is 1.61. The van der Waals surface area contributed by atoms with Crippen molar-refractivity contribution in [2.75, 3.05) is 0 Å². The Kier molecular flexibility index (Phi) is 2.47. The van der Waals surface area contributed by atoms with Gasteiger partial charge in [-0.05, 0) is 18.5 Å². The van der Waals surface area contributed by atoms with E-state index < -0.39 is 5.91 Å². The van der Waals surface area contributed by atoms with Gasteiger partial charge in [0, 0.05) is 5.56 Å². The van der Waals surface area contributed by atoms with E-state index in [2.05, 4.69) is 9.59 Å². The molecule has 0 saturated carbocycles. The molecule has 5 heteroatoms. The molecule has 76 valence electrons. The second kappa shape index (κ2) is 3.78. The molecular weight excluding hydrogens is 210 g/mol. The van der Waals surface area contributed by atoms with E-state index in [4.69, 9.17) is 5.73 Å². The highest BCUT2D eigenvalue weighted by atomic mass is 32.1. The van der Waals surface area contributed by atoms with E-state index in [1.165, 1.54) is 0 Å². The van der Waals surface area contributed by atoms with E-state index in [0.29, 0.717) is 10.6 Å². The number of aryl methyl sites for hydroxylation is 1. The van der Waals surface area contributed by atoms with Crippen molar-refractivity contribution >= 4 is 17.4 Å². The summed E-state index contributed by atoms with van der Waals surface area (Å²) in [6.07, 6.45) is 0. The zero-order valence-electron chi connectivity index (χ0n) is 8.10. The minimum atomic E-state index is -0.486. The first-order chi connectivity index (χ1) is 7.18. The van der Waals surface area contributed by atoms with Crippen LogP contribution in [-0.2, 0) is 0 Å². The molecule has 0 aliphatic heterocycles. The van der Waals surface area contributed by atoms with Gasteiger partial charge in [-0.25, -0.2) is 0 Å². The van der Waals surface area contributed by atoms with Crippen molar-refractivity contribution in [3.05, 3.63) is 34.7 Å². The molecule has 2 aromatic rings. The second-order valence-corrected chi connectivity index (χ2v) is 3.94. The molecule has 0 bridgehead atoms. The maximum Gasteiger partial charge on any atom is 0.262 e. The van der Waals surface area contributed by atoms with Gasteiger partial charge in [-0.3, -0.25) is 4.79 Å². The molecule has 2 N–H and O–H groups in total. The van der Waals surface area contributed by atoms with Gasteiger partial charge in [-0.15, -0.1) is 5.10 Å². The van der Waals surface area contributed by atoms with Crippen molar-refractivity contribution in [3.63, 3.8) is 0 Å². The number of rotatable bonds is 2. The van der Waals surface area contributed by atoms with E-state index in [1.807, 2.05) is 31.2 Å². The molecule has 0 aliphatic rings. The van der Waals surface area contributed by atoms with Crippen LogP contribution in [0.1, 0.15) is 15.2 Å². The SMILES string of the molecule is Cc1ccc(-c2nnsc2C(N)=O)cc1. The number of aromatic nitrogens is 2. The van der Waals surface area contributed by atoms with Crippen LogP contribution in [0.5, 0.6) is 0 Å². The monoisotopic (exact) mass is 219 g/mol. The van der Waals surface area contributed by atoms with Crippen molar-refractivity contribution in [2.24, 2.45) is 5.73 Å². The number of carbonyl (C=O) groups excluding carboxylic acids is 1. The summed E-state index contributed by atoms with van der Waals surface area (Å²) >= 11 is 1.02. The Morgan fingerprint density at radius 3 is 2.60 bits per heavy atom. The molecule has 0 atom stereocenters. The van der Waals surface area contributed by atoms with E-state index in [1.54, 1.807) is 0 Å². The third-order valence-electron chi connectivity index (χ3n) is 2.04. The maximum atomic E-state index is 11.1. The minimum Gasteiger partial charge on any atom is -0.365 e. The van der Waals surface area contributed by atoms with Gasteiger partial charge >= 0.3 is 0 Å². The highest BCUT2D eigenvalue weighted by molar-refractivity contribution is 7.08. The molecule has 0 spiro atoms. The molecule has 0 unspecified atom stereocenters. The molecule has 0 radical (unpaired) electrons. The largest absolute Gasteiger partial charge is 0.365 e. The highest BCUT2D eigenvalue weighted by Gasteiger charge is 2.14. The Balaban J connectivity index is 2.49. The lowest BCUT2D eigenvalue weighted by atomic mass is 10.1. The van der Waals surface area contributed by atoms with Crippen LogP contribution < -0.4 is 5.73 Å². The lowest BCUT2D eigenvalue weighted by Gasteiger charge is -1.98. The maximum absolute atomic E-state index is 11.1. The highest BCUT2D eigenvalue weighted by Crippen LogP contribution is 2.23. The number of benzene rings is 1. The average Bonchev–Trinajstić information content (AvgIpc) is 2.67. The van der Waals surface area contributed by atoms with Crippen molar-refractivity contribution in [2.45, 2.75) is 6.92 Å². The average molecular weight is 219 g/mol. The molecule has 2 rings (SSSR count). The number of hydrogen-bond acceptors (Lipinski definition) is 4. The summed E-state index contributed by atoms with van der Waals surface area (Å²) in [5, 5.41) is 3.91. The molecule has 1 heterocycles. The van der Waals surface area contributed by atoms with Gasteiger partial charge in [-0.1, -0.05) is 34.3 Å². The molecule has 0 aliphatic carbocycles. The van der Waals surface area contributed by atoms with Crippen LogP contribution in [0.3, 0.4) is 0 Å². The molecule has 4 nitrogen and oxygen atoms in total. The Morgan fingerprint density at radius 2 is 2.00 bits per heavy atom. The van der Waals surface area contributed by atoms with Crippen LogP contribution in [0.15, 0.2) is 24.3 Å². The number of primary amides is 1. The second-order valence-electron chi connectivity index (χ2n) is 3.18. The zero-order valence-corrected chi connectivity index (χ0v) is 8.91. The normalized spacial score (nSPS) is 10.2. The quantitative estimate of drug-likeness (QED) is 0.834. The molecule has 1 aromatic heterocycles. The summed E-state index contributed by atoms with van der Waals surface area (Å²) in [5.41, 5.74) is 7.80. The smallest absolute Gasteiger partial charge is 0.262 e. The number of carbonyl (C=O) groups is 1. The number of amides is 1. The fraction of sp³-hybridized carbons (Fsp3) is 0.100. The van der Waals surface area contributed by atoms with Crippen LogP contribution in [-0.4, -0.2) is 15.5 Å². The number of hydrogen-bond donors (Lipinski definition) is 1.